The van der Waals surface area contributed by atoms with Crippen molar-refractivity contribution >= 4 is 22.7 Å². The van der Waals surface area contributed by atoms with Crippen molar-refractivity contribution in [3.8, 4) is 5.69 Å². The molecule has 0 atom stereocenters. The molecular formula is C21H24N2O2S. The fourth-order valence-electron chi connectivity index (χ4n) is 3.07. The van der Waals surface area contributed by atoms with Gasteiger partial charge in [0.05, 0.1) is 16.6 Å². The summed E-state index contributed by atoms with van der Waals surface area (Å²) in [6.07, 6.45) is 2.78. The van der Waals surface area contributed by atoms with Crippen LogP contribution in [0.25, 0.3) is 16.6 Å². The first kappa shape index (κ1) is 18.7. The molecule has 1 N–H and O–H groups in total. The number of aryl methyl sites for hydroxylation is 2. The maximum Gasteiger partial charge on any atom is 0.266 e. The molecule has 26 heavy (non-hydrogen) atoms. The third-order valence-electron chi connectivity index (χ3n) is 4.24. The van der Waals surface area contributed by atoms with Crippen LogP contribution in [0.5, 0.6) is 0 Å². The molecule has 0 amide bonds. The minimum atomic E-state index is -0.0292. The molecule has 5 heteroatoms. The number of hydrogen-bond donors (Lipinski definition) is 1. The first-order chi connectivity index (χ1) is 12.6. The Hall–Kier alpha value is -2.11. The van der Waals surface area contributed by atoms with Gasteiger partial charge in [0.1, 0.15) is 0 Å². The van der Waals surface area contributed by atoms with Crippen LogP contribution in [0.2, 0.25) is 0 Å². The summed E-state index contributed by atoms with van der Waals surface area (Å²) in [5.41, 5.74) is 3.82. The van der Waals surface area contributed by atoms with Gasteiger partial charge in [-0.05, 0) is 62.1 Å². The Morgan fingerprint density at radius 2 is 1.77 bits per heavy atom. The monoisotopic (exact) mass is 368 g/mol. The lowest BCUT2D eigenvalue weighted by molar-refractivity contribution is 0.284. The maximum atomic E-state index is 13.2. The molecule has 0 saturated heterocycles. The van der Waals surface area contributed by atoms with Crippen LogP contribution in [-0.2, 0) is 0 Å². The molecule has 0 saturated carbocycles. The molecule has 0 bridgehead atoms. The molecule has 136 valence electrons. The van der Waals surface area contributed by atoms with Gasteiger partial charge in [0.2, 0.25) is 0 Å². The lowest BCUT2D eigenvalue weighted by Gasteiger charge is -2.14. The number of aliphatic hydroxyl groups excluding tert-OH is 1. The molecule has 0 radical (unpaired) electrons. The summed E-state index contributed by atoms with van der Waals surface area (Å²) in [5.74, 6) is 0.871. The molecule has 0 aliphatic heterocycles. The van der Waals surface area contributed by atoms with Crippen molar-refractivity contribution in [3.05, 3.63) is 63.9 Å². The Labute approximate surface area is 157 Å². The zero-order valence-electron chi connectivity index (χ0n) is 15.2. The number of nitrogens with zero attached hydrogens (tertiary/aromatic N) is 2. The van der Waals surface area contributed by atoms with Crippen molar-refractivity contribution in [3.63, 3.8) is 0 Å². The smallest absolute Gasteiger partial charge is 0.266 e. The lowest BCUT2D eigenvalue weighted by Crippen LogP contribution is -2.22. The quantitative estimate of drug-likeness (QED) is 0.385. The van der Waals surface area contributed by atoms with E-state index < -0.39 is 0 Å². The summed E-state index contributed by atoms with van der Waals surface area (Å²) >= 11 is 1.60. The van der Waals surface area contributed by atoms with Gasteiger partial charge in [0, 0.05) is 12.4 Å². The fraction of sp³-hybridized carbons (Fsp3) is 0.333. The minimum absolute atomic E-state index is 0.0292. The van der Waals surface area contributed by atoms with E-state index in [1.807, 2.05) is 50.2 Å². The van der Waals surface area contributed by atoms with E-state index in [9.17, 15) is 4.79 Å². The molecule has 0 spiro atoms. The predicted octanol–water partition coefficient (Wildman–Crippen LogP) is 4.26. The highest BCUT2D eigenvalue weighted by molar-refractivity contribution is 7.99. The van der Waals surface area contributed by atoms with E-state index in [1.54, 1.807) is 16.3 Å². The van der Waals surface area contributed by atoms with Crippen molar-refractivity contribution in [2.45, 2.75) is 38.3 Å². The average Bonchev–Trinajstić information content (AvgIpc) is 2.61. The number of thioether (sulfide) groups is 1. The van der Waals surface area contributed by atoms with Gasteiger partial charge in [0.25, 0.3) is 5.56 Å². The zero-order valence-corrected chi connectivity index (χ0v) is 16.1. The van der Waals surface area contributed by atoms with Crippen molar-refractivity contribution < 1.29 is 5.11 Å². The van der Waals surface area contributed by atoms with Crippen LogP contribution in [0.1, 0.15) is 30.4 Å². The van der Waals surface area contributed by atoms with Gasteiger partial charge in [-0.25, -0.2) is 4.98 Å². The summed E-state index contributed by atoms with van der Waals surface area (Å²) in [6.45, 7) is 4.31. The Balaban J connectivity index is 2.07. The van der Waals surface area contributed by atoms with Crippen LogP contribution < -0.4 is 5.56 Å². The first-order valence-corrected chi connectivity index (χ1v) is 9.93. The Kier molecular flexibility index (Phi) is 6.12. The highest BCUT2D eigenvalue weighted by atomic mass is 32.2. The largest absolute Gasteiger partial charge is 0.396 e. The second-order valence-electron chi connectivity index (χ2n) is 6.53. The molecule has 3 aromatic rings. The van der Waals surface area contributed by atoms with Crippen LogP contribution in [-0.4, -0.2) is 27.0 Å². The van der Waals surface area contributed by atoms with E-state index in [0.29, 0.717) is 5.39 Å². The number of para-hydroxylation sites is 1. The van der Waals surface area contributed by atoms with Crippen LogP contribution in [0.3, 0.4) is 0 Å². The molecule has 0 unspecified atom stereocenters. The molecule has 0 fully saturated rings. The zero-order chi connectivity index (χ0) is 18.5. The van der Waals surface area contributed by atoms with Crippen molar-refractivity contribution in [1.29, 1.82) is 0 Å². The van der Waals surface area contributed by atoms with Gasteiger partial charge in [-0.2, -0.15) is 0 Å². The van der Waals surface area contributed by atoms with Gasteiger partial charge >= 0.3 is 0 Å². The summed E-state index contributed by atoms with van der Waals surface area (Å²) in [4.78, 5) is 18.0. The summed E-state index contributed by atoms with van der Waals surface area (Å²) in [6, 6.07) is 13.7. The SMILES string of the molecule is Cc1cc(C)cc(-n2c(SCCCCCO)nc3ccccc3c2=O)c1. The minimum Gasteiger partial charge on any atom is -0.396 e. The van der Waals surface area contributed by atoms with Crippen LogP contribution in [0.4, 0.5) is 0 Å². The molecule has 0 aliphatic carbocycles. The summed E-state index contributed by atoms with van der Waals surface area (Å²) in [7, 11) is 0. The number of hydrogen-bond acceptors (Lipinski definition) is 4. The fourth-order valence-corrected chi connectivity index (χ4v) is 4.08. The third-order valence-corrected chi connectivity index (χ3v) is 5.27. The van der Waals surface area contributed by atoms with Crippen LogP contribution in [0, 0.1) is 13.8 Å². The van der Waals surface area contributed by atoms with Crippen molar-refractivity contribution in [2.75, 3.05) is 12.4 Å². The van der Waals surface area contributed by atoms with Gasteiger partial charge in [-0.1, -0.05) is 36.4 Å². The average molecular weight is 369 g/mol. The summed E-state index contributed by atoms with van der Waals surface area (Å²) in [5, 5.41) is 10.3. The van der Waals surface area contributed by atoms with E-state index in [-0.39, 0.29) is 12.2 Å². The molecule has 4 nitrogen and oxygen atoms in total. The van der Waals surface area contributed by atoms with E-state index >= 15 is 0 Å². The normalized spacial score (nSPS) is 11.2. The van der Waals surface area contributed by atoms with E-state index in [0.717, 1.165) is 52.5 Å². The van der Waals surface area contributed by atoms with Crippen LogP contribution >= 0.6 is 11.8 Å². The molecule has 3 rings (SSSR count). The van der Waals surface area contributed by atoms with E-state index in [2.05, 4.69) is 6.07 Å². The third kappa shape index (κ3) is 4.17. The predicted molar refractivity (Wildman–Crippen MR) is 108 cm³/mol. The number of unbranched alkanes of at least 4 members (excludes halogenated alkanes) is 2. The second kappa shape index (κ2) is 8.52. The Morgan fingerprint density at radius 3 is 2.50 bits per heavy atom. The second-order valence-corrected chi connectivity index (χ2v) is 7.59. The number of benzene rings is 2. The number of fused-ring (bicyclic) bond motifs is 1. The first-order valence-electron chi connectivity index (χ1n) is 8.94. The summed E-state index contributed by atoms with van der Waals surface area (Å²) < 4.78 is 1.74. The standard InChI is InChI=1S/C21H24N2O2S/c1-15-12-16(2)14-17(13-15)23-20(25)18-8-4-5-9-19(18)22-21(23)26-11-7-3-6-10-24/h4-5,8-9,12-14,24H,3,6-7,10-11H2,1-2H3. The highest BCUT2D eigenvalue weighted by Crippen LogP contribution is 2.23. The van der Waals surface area contributed by atoms with Crippen molar-refractivity contribution in [2.24, 2.45) is 0 Å². The topological polar surface area (TPSA) is 55.1 Å². The van der Waals surface area contributed by atoms with E-state index in [1.165, 1.54) is 0 Å². The highest BCUT2D eigenvalue weighted by Gasteiger charge is 2.13. The molecule has 0 aliphatic rings. The Bertz CT molecular complexity index is 946. The number of aromatic nitrogens is 2. The molecule has 2 aromatic carbocycles. The maximum absolute atomic E-state index is 13.2. The van der Waals surface area contributed by atoms with Gasteiger partial charge in [-0.3, -0.25) is 9.36 Å². The van der Waals surface area contributed by atoms with E-state index in [4.69, 9.17) is 10.1 Å². The Morgan fingerprint density at radius 1 is 1.04 bits per heavy atom. The molecule has 1 heterocycles. The van der Waals surface area contributed by atoms with Gasteiger partial charge < -0.3 is 5.11 Å². The molecule has 1 aromatic heterocycles. The number of aliphatic hydroxyl groups is 1. The van der Waals surface area contributed by atoms with Gasteiger partial charge in [-0.15, -0.1) is 0 Å². The van der Waals surface area contributed by atoms with Crippen molar-refractivity contribution in [1.82, 2.24) is 9.55 Å². The lowest BCUT2D eigenvalue weighted by atomic mass is 10.1. The van der Waals surface area contributed by atoms with Gasteiger partial charge in [0.15, 0.2) is 5.16 Å². The van der Waals surface area contributed by atoms with Crippen LogP contribution in [0.15, 0.2) is 52.4 Å². The number of rotatable bonds is 7. The molecular weight excluding hydrogens is 344 g/mol.